The van der Waals surface area contributed by atoms with Crippen LogP contribution in [0.5, 0.6) is 0 Å². The summed E-state index contributed by atoms with van der Waals surface area (Å²) < 4.78 is 1.59. The molecule has 10 nitrogen and oxygen atoms in total. The number of aromatic nitrogens is 5. The third kappa shape index (κ3) is 4.20. The number of nitriles is 1. The predicted molar refractivity (Wildman–Crippen MR) is 138 cm³/mol. The van der Waals surface area contributed by atoms with Gasteiger partial charge in [-0.1, -0.05) is 37.3 Å². The van der Waals surface area contributed by atoms with Gasteiger partial charge < -0.3 is 16.4 Å². The van der Waals surface area contributed by atoms with Gasteiger partial charge in [0, 0.05) is 29.8 Å². The Morgan fingerprint density at radius 3 is 2.78 bits per heavy atom. The molecule has 10 heteroatoms. The van der Waals surface area contributed by atoms with Crippen molar-refractivity contribution in [2.45, 2.75) is 39.0 Å². The van der Waals surface area contributed by atoms with E-state index < -0.39 is 16.7 Å². The van der Waals surface area contributed by atoms with E-state index in [-0.39, 0.29) is 0 Å². The van der Waals surface area contributed by atoms with E-state index >= 15 is 0 Å². The molecule has 2 atom stereocenters. The van der Waals surface area contributed by atoms with Gasteiger partial charge in [-0.3, -0.25) is 4.79 Å². The Morgan fingerprint density at radius 1 is 1.28 bits per heavy atom. The number of amides is 1. The van der Waals surface area contributed by atoms with E-state index in [1.807, 2.05) is 51.1 Å². The largest absolute Gasteiger partial charge is 0.373 e. The van der Waals surface area contributed by atoms with Crippen LogP contribution < -0.4 is 16.4 Å². The fraction of sp³-hybridized carbons (Fsp3) is 0.308. The Balaban J connectivity index is 1.79. The fourth-order valence-corrected chi connectivity index (χ4v) is 4.55. The quantitative estimate of drug-likeness (QED) is 0.439. The van der Waals surface area contributed by atoms with Gasteiger partial charge in [-0.2, -0.15) is 20.0 Å². The van der Waals surface area contributed by atoms with Crippen molar-refractivity contribution >= 4 is 23.4 Å². The summed E-state index contributed by atoms with van der Waals surface area (Å²) in [7, 11) is 1.78. The van der Waals surface area contributed by atoms with Gasteiger partial charge >= 0.3 is 0 Å². The first kappa shape index (κ1) is 24.6. The van der Waals surface area contributed by atoms with Crippen LogP contribution in [0.4, 0.5) is 17.5 Å². The Hall–Kier alpha value is -4.52. The van der Waals surface area contributed by atoms with Gasteiger partial charge in [0.1, 0.15) is 18.5 Å². The van der Waals surface area contributed by atoms with Crippen LogP contribution in [0.3, 0.4) is 0 Å². The van der Waals surface area contributed by atoms with Crippen LogP contribution in [0, 0.1) is 23.7 Å². The number of aryl methyl sites for hydroxylation is 1. The zero-order valence-electron chi connectivity index (χ0n) is 20.8. The average Bonchev–Trinajstić information content (AvgIpc) is 3.37. The van der Waals surface area contributed by atoms with Crippen molar-refractivity contribution in [1.82, 2.24) is 24.7 Å². The number of benzene rings is 1. The highest BCUT2D eigenvalue weighted by Crippen LogP contribution is 2.51. The minimum Gasteiger partial charge on any atom is -0.373 e. The van der Waals surface area contributed by atoms with Gasteiger partial charge in [0.25, 0.3) is 0 Å². The average molecular weight is 484 g/mol. The second-order valence-corrected chi connectivity index (χ2v) is 9.02. The molecular weight excluding hydrogens is 454 g/mol. The molecule has 0 aliphatic heterocycles. The van der Waals surface area contributed by atoms with Crippen LogP contribution in [-0.4, -0.2) is 37.7 Å². The Bertz CT molecular complexity index is 1400. The second-order valence-electron chi connectivity index (χ2n) is 9.02. The van der Waals surface area contributed by atoms with Gasteiger partial charge in [0.15, 0.2) is 5.82 Å². The summed E-state index contributed by atoms with van der Waals surface area (Å²) in [5.74, 6) is 1.19. The summed E-state index contributed by atoms with van der Waals surface area (Å²) in [5, 5.41) is 20.9. The lowest BCUT2D eigenvalue weighted by atomic mass is 9.56. The molecule has 2 unspecified atom stereocenters. The van der Waals surface area contributed by atoms with Crippen LogP contribution in [0.2, 0.25) is 0 Å². The summed E-state index contributed by atoms with van der Waals surface area (Å²) in [6, 6.07) is 10.3. The van der Waals surface area contributed by atoms with Crippen LogP contribution in [0.1, 0.15) is 37.8 Å². The second kappa shape index (κ2) is 9.62. The molecular formula is C26H29N9O. The van der Waals surface area contributed by atoms with Crippen molar-refractivity contribution in [3.8, 4) is 11.9 Å². The first-order chi connectivity index (χ1) is 17.3. The molecule has 4 N–H and O–H groups in total. The standard InChI is InChI=1S/C26H29N9O/c1-5-25(3,14-27)26(10-6-7-18(13-26)23(28)36)19-9-8-17(2)20(11-19)34-24-32-16-33-35(24)22-12-21(29-4)30-15-31-22/h6-12,15-16H,5,13H2,1-4H3,(H2,28,36)(H,29,30,31)(H,32,33,34). The minimum atomic E-state index is -0.782. The van der Waals surface area contributed by atoms with E-state index in [9.17, 15) is 10.1 Å². The first-order valence-electron chi connectivity index (χ1n) is 11.6. The molecule has 1 aliphatic rings. The van der Waals surface area contributed by atoms with Crippen molar-refractivity contribution in [1.29, 1.82) is 5.26 Å². The molecule has 2 heterocycles. The smallest absolute Gasteiger partial charge is 0.244 e. The van der Waals surface area contributed by atoms with Gasteiger partial charge in [0.05, 0.1) is 11.5 Å². The lowest BCUT2D eigenvalue weighted by Crippen LogP contribution is -2.43. The minimum absolute atomic E-state index is 0.336. The zero-order chi connectivity index (χ0) is 25.9. The molecule has 0 radical (unpaired) electrons. The summed E-state index contributed by atoms with van der Waals surface area (Å²) in [5.41, 5.74) is 7.29. The molecule has 3 aromatic rings. The summed E-state index contributed by atoms with van der Waals surface area (Å²) >= 11 is 0. The maximum absolute atomic E-state index is 12.1. The molecule has 0 spiro atoms. The number of carbonyl (C=O) groups excluding carboxylic acids is 1. The maximum Gasteiger partial charge on any atom is 0.244 e. The fourth-order valence-electron chi connectivity index (χ4n) is 4.55. The number of allylic oxidation sites excluding steroid dienone is 3. The van der Waals surface area contributed by atoms with E-state index in [0.29, 0.717) is 36.0 Å². The van der Waals surface area contributed by atoms with Gasteiger partial charge in [-0.05, 0) is 43.9 Å². The number of carbonyl (C=O) groups is 1. The number of hydrogen-bond donors (Lipinski definition) is 3. The molecule has 1 aliphatic carbocycles. The summed E-state index contributed by atoms with van der Waals surface area (Å²) in [6.07, 6.45) is 9.40. The molecule has 0 saturated carbocycles. The third-order valence-corrected chi connectivity index (χ3v) is 7.08. The van der Waals surface area contributed by atoms with Crippen LogP contribution in [-0.2, 0) is 10.2 Å². The highest BCUT2D eigenvalue weighted by Gasteiger charge is 2.49. The monoisotopic (exact) mass is 483 g/mol. The number of hydrogen-bond acceptors (Lipinski definition) is 8. The molecule has 36 heavy (non-hydrogen) atoms. The van der Waals surface area contributed by atoms with E-state index in [1.165, 1.54) is 12.7 Å². The number of nitrogens with zero attached hydrogens (tertiary/aromatic N) is 6. The molecule has 0 saturated heterocycles. The number of nitrogens with two attached hydrogens (primary N) is 1. The van der Waals surface area contributed by atoms with E-state index in [0.717, 1.165) is 16.8 Å². The number of anilines is 3. The number of nitrogens with one attached hydrogen (secondary N) is 2. The highest BCUT2D eigenvalue weighted by atomic mass is 16.1. The van der Waals surface area contributed by atoms with Crippen molar-refractivity contribution in [2.75, 3.05) is 17.7 Å². The van der Waals surface area contributed by atoms with Crippen molar-refractivity contribution in [2.24, 2.45) is 11.1 Å². The molecule has 184 valence electrons. The molecule has 2 aromatic heterocycles. The van der Waals surface area contributed by atoms with Crippen LogP contribution in [0.15, 0.2) is 60.7 Å². The van der Waals surface area contributed by atoms with E-state index in [2.05, 4.69) is 36.8 Å². The third-order valence-electron chi connectivity index (χ3n) is 7.08. The highest BCUT2D eigenvalue weighted by molar-refractivity contribution is 5.93. The number of primary amides is 1. The molecule has 4 rings (SSSR count). The topological polar surface area (TPSA) is 147 Å². The van der Waals surface area contributed by atoms with Crippen LogP contribution in [0.25, 0.3) is 5.82 Å². The Kier molecular flexibility index (Phi) is 6.57. The van der Waals surface area contributed by atoms with Gasteiger partial charge in [0.2, 0.25) is 11.9 Å². The Labute approximate surface area is 210 Å². The SMILES string of the molecule is CCC(C)(C#N)C1(c2ccc(C)c(Nc3ncnn3-c3cc(NC)ncn3)c2)C=CC=C(C(N)=O)C1. The Morgan fingerprint density at radius 2 is 2.08 bits per heavy atom. The molecule has 0 bridgehead atoms. The van der Waals surface area contributed by atoms with Crippen molar-refractivity contribution in [3.63, 3.8) is 0 Å². The van der Waals surface area contributed by atoms with Crippen molar-refractivity contribution in [3.05, 3.63) is 71.8 Å². The zero-order valence-corrected chi connectivity index (χ0v) is 20.8. The first-order valence-corrected chi connectivity index (χ1v) is 11.6. The van der Waals surface area contributed by atoms with Gasteiger partial charge in [-0.15, -0.1) is 0 Å². The normalized spacial score (nSPS) is 18.6. The molecule has 1 amide bonds. The number of rotatable bonds is 8. The van der Waals surface area contributed by atoms with Gasteiger partial charge in [-0.25, -0.2) is 9.97 Å². The molecule has 0 fully saturated rings. The van der Waals surface area contributed by atoms with Crippen LogP contribution >= 0.6 is 0 Å². The predicted octanol–water partition coefficient (Wildman–Crippen LogP) is 3.70. The summed E-state index contributed by atoms with van der Waals surface area (Å²) in [6.45, 7) is 5.90. The molecule has 1 aromatic carbocycles. The van der Waals surface area contributed by atoms with Crippen molar-refractivity contribution < 1.29 is 4.79 Å². The summed E-state index contributed by atoms with van der Waals surface area (Å²) in [4.78, 5) is 25.0. The van der Waals surface area contributed by atoms with E-state index in [1.54, 1.807) is 23.9 Å². The van der Waals surface area contributed by atoms with E-state index in [4.69, 9.17) is 5.73 Å². The lowest BCUT2D eigenvalue weighted by Gasteiger charge is -2.44. The lowest BCUT2D eigenvalue weighted by molar-refractivity contribution is -0.114. The maximum atomic E-state index is 12.1.